The first-order chi connectivity index (χ1) is 19.4. The predicted octanol–water partition coefficient (Wildman–Crippen LogP) is 5.12. The van der Waals surface area contributed by atoms with Gasteiger partial charge in [-0.15, -0.1) is 5.10 Å². The molecular formula is C25H17F6N7O3. The van der Waals surface area contributed by atoms with E-state index in [0.717, 1.165) is 23.3 Å². The van der Waals surface area contributed by atoms with Crippen molar-refractivity contribution in [3.8, 4) is 11.4 Å². The van der Waals surface area contributed by atoms with Crippen LogP contribution in [0.5, 0.6) is 0 Å². The summed E-state index contributed by atoms with van der Waals surface area (Å²) < 4.78 is 85.1. The first-order valence-corrected chi connectivity index (χ1v) is 11.4. The van der Waals surface area contributed by atoms with Crippen LogP contribution in [-0.2, 0) is 28.5 Å². The van der Waals surface area contributed by atoms with E-state index < -0.39 is 46.9 Å². The van der Waals surface area contributed by atoms with Gasteiger partial charge >= 0.3 is 18.4 Å². The lowest BCUT2D eigenvalue weighted by Gasteiger charge is -2.20. The van der Waals surface area contributed by atoms with Crippen LogP contribution in [0.15, 0.2) is 79.5 Å². The van der Waals surface area contributed by atoms with Crippen LogP contribution in [0.1, 0.15) is 16.7 Å². The van der Waals surface area contributed by atoms with Gasteiger partial charge < -0.3 is 4.74 Å². The molecule has 0 spiro atoms. The molecule has 0 unspecified atom stereocenters. The number of nitrogens with one attached hydrogen (secondary N) is 1. The third-order valence-corrected chi connectivity index (χ3v) is 5.12. The lowest BCUT2D eigenvalue weighted by Crippen LogP contribution is -2.46. The van der Waals surface area contributed by atoms with Gasteiger partial charge in [-0.25, -0.2) is 19.4 Å². The summed E-state index contributed by atoms with van der Waals surface area (Å²) in [6.45, 7) is -0.116. The first kappa shape index (κ1) is 28.7. The highest BCUT2D eigenvalue weighted by Crippen LogP contribution is 2.38. The number of hydrazine groups is 1. The molecule has 2 aromatic carbocycles. The Morgan fingerprint density at radius 1 is 0.951 bits per heavy atom. The highest BCUT2D eigenvalue weighted by Gasteiger charge is 2.37. The van der Waals surface area contributed by atoms with E-state index in [1.165, 1.54) is 18.6 Å². The summed E-state index contributed by atoms with van der Waals surface area (Å²) in [6, 6.07) is 9.64. The molecule has 2 amide bonds. The van der Waals surface area contributed by atoms with Crippen LogP contribution in [0.4, 0.5) is 37.0 Å². The molecule has 0 bridgehead atoms. The minimum absolute atomic E-state index is 0.0154. The van der Waals surface area contributed by atoms with Crippen molar-refractivity contribution < 1.29 is 40.7 Å². The van der Waals surface area contributed by atoms with Crippen molar-refractivity contribution in [2.24, 2.45) is 0 Å². The highest BCUT2D eigenvalue weighted by molar-refractivity contribution is 5.96. The number of halogens is 6. The number of carbonyl (C=O) groups excluding carboxylic acids is 2. The molecule has 2 heterocycles. The van der Waals surface area contributed by atoms with Crippen LogP contribution < -0.4 is 10.4 Å². The number of carbonyl (C=O) groups is 2. The molecule has 0 aliphatic heterocycles. The molecule has 4 rings (SSSR count). The zero-order valence-corrected chi connectivity index (χ0v) is 20.5. The number of hydrogen-bond acceptors (Lipinski definition) is 7. The molecule has 0 atom stereocenters. The maximum atomic E-state index is 13.2. The topological polar surface area (TPSA) is 115 Å². The minimum atomic E-state index is -5.05. The van der Waals surface area contributed by atoms with Gasteiger partial charge in [0.05, 0.1) is 17.3 Å². The van der Waals surface area contributed by atoms with E-state index in [1.807, 2.05) is 0 Å². The summed E-state index contributed by atoms with van der Waals surface area (Å²) >= 11 is 0. The van der Waals surface area contributed by atoms with Crippen molar-refractivity contribution in [1.82, 2.24) is 30.2 Å². The summed E-state index contributed by atoms with van der Waals surface area (Å²) in [6.07, 6.45) is -4.46. The second kappa shape index (κ2) is 11.8. The molecule has 4 aromatic rings. The van der Waals surface area contributed by atoms with E-state index in [9.17, 15) is 35.9 Å². The van der Waals surface area contributed by atoms with E-state index in [4.69, 9.17) is 4.74 Å². The maximum Gasteiger partial charge on any atom is 0.435 e. The average Bonchev–Trinajstić information content (AvgIpc) is 3.43. The smallest absolute Gasteiger partial charge is 0.435 e. The first-order valence-electron chi connectivity index (χ1n) is 11.4. The average molecular weight is 577 g/mol. The maximum absolute atomic E-state index is 13.2. The number of benzene rings is 2. The molecular weight excluding hydrogens is 560 g/mol. The summed E-state index contributed by atoms with van der Waals surface area (Å²) in [5, 5.41) is 4.50. The molecule has 0 radical (unpaired) electrons. The molecule has 0 saturated heterocycles. The Hall–Kier alpha value is -5.28. The largest absolute Gasteiger partial charge is 0.443 e. The summed E-state index contributed by atoms with van der Waals surface area (Å²) in [4.78, 5) is 36.8. The molecule has 0 saturated carbocycles. The molecule has 0 aliphatic carbocycles. The molecule has 1 N–H and O–H groups in total. The molecule has 0 fully saturated rings. The Labute approximate surface area is 226 Å². The monoisotopic (exact) mass is 577 g/mol. The number of ether oxygens (including phenoxy) is 1. The molecule has 2 aromatic heterocycles. The Balaban J connectivity index is 1.50. The summed E-state index contributed by atoms with van der Waals surface area (Å²) in [7, 11) is 0. The quantitative estimate of drug-likeness (QED) is 0.192. The van der Waals surface area contributed by atoms with Crippen LogP contribution in [0, 0.1) is 0 Å². The van der Waals surface area contributed by atoms with E-state index in [0.29, 0.717) is 22.7 Å². The van der Waals surface area contributed by atoms with Gasteiger partial charge in [0, 0.05) is 30.2 Å². The number of aromatic nitrogens is 5. The van der Waals surface area contributed by atoms with Crippen molar-refractivity contribution in [2.45, 2.75) is 19.0 Å². The SMILES string of the molecule is O=C(/C=C\n1cnc(-c2cc(C(F)(F)F)cc(C(F)(F)F)c2)n1)NN(C(=O)OCc1ccccc1)c1cnccn1. The van der Waals surface area contributed by atoms with E-state index >= 15 is 0 Å². The van der Waals surface area contributed by atoms with Crippen LogP contribution in [0.3, 0.4) is 0 Å². The van der Waals surface area contributed by atoms with E-state index in [2.05, 4.69) is 25.5 Å². The van der Waals surface area contributed by atoms with Crippen LogP contribution in [0.2, 0.25) is 0 Å². The fourth-order valence-electron chi connectivity index (χ4n) is 3.24. The van der Waals surface area contributed by atoms with E-state index in [-0.39, 0.29) is 18.5 Å². The van der Waals surface area contributed by atoms with Crippen molar-refractivity contribution in [1.29, 1.82) is 0 Å². The molecule has 41 heavy (non-hydrogen) atoms. The van der Waals surface area contributed by atoms with Crippen molar-refractivity contribution in [3.05, 3.63) is 96.2 Å². The lowest BCUT2D eigenvalue weighted by atomic mass is 10.0. The van der Waals surface area contributed by atoms with Gasteiger partial charge in [-0.05, 0) is 23.8 Å². The van der Waals surface area contributed by atoms with Crippen LogP contribution in [-0.4, -0.2) is 36.7 Å². The number of hydrogen-bond donors (Lipinski definition) is 1. The van der Waals surface area contributed by atoms with Gasteiger partial charge in [0.15, 0.2) is 11.6 Å². The van der Waals surface area contributed by atoms with Gasteiger partial charge in [-0.3, -0.25) is 15.2 Å². The van der Waals surface area contributed by atoms with Gasteiger partial charge in [-0.2, -0.15) is 31.4 Å². The Kier molecular flexibility index (Phi) is 8.30. The Morgan fingerprint density at radius 3 is 2.24 bits per heavy atom. The fraction of sp³-hybridized carbons (Fsp3) is 0.120. The number of alkyl halides is 6. The van der Waals surface area contributed by atoms with Crippen molar-refractivity contribution in [2.75, 3.05) is 5.01 Å². The second-order valence-electron chi connectivity index (χ2n) is 8.07. The van der Waals surface area contributed by atoms with Crippen molar-refractivity contribution >= 4 is 24.0 Å². The van der Waals surface area contributed by atoms with Crippen molar-refractivity contribution in [3.63, 3.8) is 0 Å². The normalized spacial score (nSPS) is 11.9. The Morgan fingerprint density at radius 2 is 1.63 bits per heavy atom. The van der Waals surface area contributed by atoms with Gasteiger partial charge in [-0.1, -0.05) is 30.3 Å². The van der Waals surface area contributed by atoms with E-state index in [1.54, 1.807) is 30.3 Å². The number of nitrogens with zero attached hydrogens (tertiary/aromatic N) is 6. The third-order valence-electron chi connectivity index (χ3n) is 5.12. The van der Waals surface area contributed by atoms with Crippen LogP contribution >= 0.6 is 0 Å². The Bertz CT molecular complexity index is 1510. The zero-order valence-electron chi connectivity index (χ0n) is 20.5. The number of anilines is 1. The van der Waals surface area contributed by atoms with Gasteiger partial charge in [0.2, 0.25) is 0 Å². The molecule has 16 heteroatoms. The molecule has 212 valence electrons. The standard InChI is InChI=1S/C25H17F6N7O3/c26-24(27,28)18-10-17(11-19(12-18)25(29,30)31)22-34-15-37(36-22)9-6-21(39)35-38(20-13-32-7-8-33-20)23(40)41-14-16-4-2-1-3-5-16/h1-13,15H,14H2,(H,35,39)/b9-6-. The molecule has 0 aliphatic rings. The zero-order chi connectivity index (χ0) is 29.6. The fourth-order valence-corrected chi connectivity index (χ4v) is 3.24. The van der Waals surface area contributed by atoms with Gasteiger partial charge in [0.1, 0.15) is 12.9 Å². The van der Waals surface area contributed by atoms with Crippen LogP contribution in [0.25, 0.3) is 17.6 Å². The summed E-state index contributed by atoms with van der Waals surface area (Å²) in [5.41, 5.74) is -0.682. The third kappa shape index (κ3) is 7.65. The van der Waals surface area contributed by atoms with Gasteiger partial charge in [0.25, 0.3) is 5.91 Å². The molecule has 10 nitrogen and oxygen atoms in total. The second-order valence-corrected chi connectivity index (χ2v) is 8.07. The number of amides is 2. The number of rotatable bonds is 6. The highest BCUT2D eigenvalue weighted by atomic mass is 19.4. The summed E-state index contributed by atoms with van der Waals surface area (Å²) in [5.74, 6) is -1.44. The predicted molar refractivity (Wildman–Crippen MR) is 130 cm³/mol. The minimum Gasteiger partial charge on any atom is -0.443 e. The lowest BCUT2D eigenvalue weighted by molar-refractivity contribution is -0.143.